The molecule has 0 saturated carbocycles. The Kier molecular flexibility index (Phi) is 5.24. The first kappa shape index (κ1) is 19.7. The van der Waals surface area contributed by atoms with E-state index < -0.39 is 23.3 Å². The van der Waals surface area contributed by atoms with Gasteiger partial charge in [-0.05, 0) is 42.8 Å². The van der Waals surface area contributed by atoms with E-state index in [1.165, 1.54) is 0 Å². The molecule has 1 aliphatic heterocycles. The summed E-state index contributed by atoms with van der Waals surface area (Å²) in [6, 6.07) is 14.1. The van der Waals surface area contributed by atoms with Gasteiger partial charge in [0, 0.05) is 22.8 Å². The zero-order chi connectivity index (χ0) is 21.3. The number of carbonyl (C=O) groups is 2. The zero-order valence-corrected chi connectivity index (χ0v) is 16.7. The number of halogens is 1. The number of fused-ring (bicyclic) bond motifs is 1. The number of aromatic amines is 1. The van der Waals surface area contributed by atoms with Crippen molar-refractivity contribution < 1.29 is 9.59 Å². The summed E-state index contributed by atoms with van der Waals surface area (Å²) >= 11 is 5.97. The van der Waals surface area contributed by atoms with Gasteiger partial charge in [0.2, 0.25) is 17.8 Å². The van der Waals surface area contributed by atoms with Crippen molar-refractivity contribution >= 4 is 46.6 Å². The molecule has 8 nitrogen and oxygen atoms in total. The molecule has 1 atom stereocenters. The number of benzene rings is 2. The van der Waals surface area contributed by atoms with Gasteiger partial charge in [-0.3, -0.25) is 19.4 Å². The monoisotopic (exact) mass is 423 g/mol. The summed E-state index contributed by atoms with van der Waals surface area (Å²) in [4.78, 5) is 44.7. The third kappa shape index (κ3) is 4.18. The van der Waals surface area contributed by atoms with Crippen LogP contribution >= 0.6 is 11.6 Å². The number of amides is 2. The molecule has 0 fully saturated rings. The number of hydrogen-bond acceptors (Lipinski definition) is 5. The minimum Gasteiger partial charge on any atom is -0.326 e. The van der Waals surface area contributed by atoms with Gasteiger partial charge >= 0.3 is 0 Å². The zero-order valence-electron chi connectivity index (χ0n) is 16.0. The Hall–Kier alpha value is -3.65. The van der Waals surface area contributed by atoms with Crippen LogP contribution < -0.4 is 21.5 Å². The molecular weight excluding hydrogens is 406 g/mol. The second-order valence-electron chi connectivity index (χ2n) is 6.98. The van der Waals surface area contributed by atoms with Crippen LogP contribution in [0.4, 0.5) is 23.1 Å². The molecular formula is C21H18ClN5O3. The maximum atomic E-state index is 12.9. The van der Waals surface area contributed by atoms with Gasteiger partial charge in [0.1, 0.15) is 5.82 Å². The molecule has 3 aromatic rings. The standard InChI is InChI=1S/C21H18ClN5O3/c1-11-4-2-6-13(8-11)23-19(29)15-10-16(28)25-18-17(15)20(30)27-21(26-18)24-14-7-3-5-12(22)9-14/h2-9,15H,10H2,1H3,(H,23,29)(H3,24,25,26,27,28,30)/t15-/m0/s1. The lowest BCUT2D eigenvalue weighted by Gasteiger charge is -2.23. The number of aryl methyl sites for hydroxylation is 1. The van der Waals surface area contributed by atoms with Gasteiger partial charge in [0.25, 0.3) is 5.56 Å². The number of nitrogens with one attached hydrogen (secondary N) is 4. The first-order valence-electron chi connectivity index (χ1n) is 9.23. The van der Waals surface area contributed by atoms with Crippen LogP contribution in [-0.2, 0) is 9.59 Å². The van der Waals surface area contributed by atoms with Crippen LogP contribution in [0.3, 0.4) is 0 Å². The molecule has 4 N–H and O–H groups in total. The van der Waals surface area contributed by atoms with Crippen molar-refractivity contribution in [3.05, 3.63) is 75.0 Å². The van der Waals surface area contributed by atoms with Gasteiger partial charge in [0.05, 0.1) is 11.5 Å². The number of hydrogen-bond donors (Lipinski definition) is 4. The predicted molar refractivity (Wildman–Crippen MR) is 115 cm³/mol. The van der Waals surface area contributed by atoms with Crippen molar-refractivity contribution in [3.63, 3.8) is 0 Å². The Labute approximate surface area is 176 Å². The largest absolute Gasteiger partial charge is 0.326 e. The third-order valence-electron chi connectivity index (χ3n) is 4.64. The fourth-order valence-corrected chi connectivity index (χ4v) is 3.50. The molecule has 9 heteroatoms. The molecule has 0 unspecified atom stereocenters. The van der Waals surface area contributed by atoms with Crippen molar-refractivity contribution in [1.82, 2.24) is 9.97 Å². The normalized spacial score (nSPS) is 15.1. The highest BCUT2D eigenvalue weighted by Gasteiger charge is 2.34. The van der Waals surface area contributed by atoms with E-state index in [0.29, 0.717) is 16.4 Å². The first-order chi connectivity index (χ1) is 14.4. The molecule has 0 radical (unpaired) electrons. The molecule has 1 aliphatic rings. The van der Waals surface area contributed by atoms with E-state index in [0.717, 1.165) is 5.56 Å². The van der Waals surface area contributed by atoms with Crippen LogP contribution in [0.25, 0.3) is 0 Å². The van der Waals surface area contributed by atoms with Gasteiger partial charge in [-0.1, -0.05) is 29.8 Å². The van der Waals surface area contributed by atoms with Gasteiger partial charge in [0.15, 0.2) is 0 Å². The van der Waals surface area contributed by atoms with Crippen LogP contribution in [-0.4, -0.2) is 21.8 Å². The van der Waals surface area contributed by atoms with Crippen LogP contribution in [0.1, 0.15) is 23.5 Å². The Bertz CT molecular complexity index is 1210. The van der Waals surface area contributed by atoms with Crippen molar-refractivity contribution in [2.45, 2.75) is 19.3 Å². The van der Waals surface area contributed by atoms with Gasteiger partial charge in [-0.25, -0.2) is 0 Å². The molecule has 0 saturated heterocycles. The lowest BCUT2D eigenvalue weighted by molar-refractivity contribution is -0.123. The summed E-state index contributed by atoms with van der Waals surface area (Å²) in [5.41, 5.74) is 1.80. The van der Waals surface area contributed by atoms with Gasteiger partial charge < -0.3 is 16.0 Å². The third-order valence-corrected chi connectivity index (χ3v) is 4.88. The molecule has 30 heavy (non-hydrogen) atoms. The number of anilines is 4. The number of H-pyrrole nitrogens is 1. The highest BCUT2D eigenvalue weighted by molar-refractivity contribution is 6.30. The van der Waals surface area contributed by atoms with Crippen LogP contribution in [0.2, 0.25) is 5.02 Å². The summed E-state index contributed by atoms with van der Waals surface area (Å²) in [5, 5.41) is 8.80. The van der Waals surface area contributed by atoms with Crippen LogP contribution in [0.15, 0.2) is 53.3 Å². The van der Waals surface area contributed by atoms with Crippen LogP contribution in [0, 0.1) is 6.92 Å². The molecule has 0 bridgehead atoms. The van der Waals surface area contributed by atoms with Gasteiger partial charge in [-0.15, -0.1) is 0 Å². The highest BCUT2D eigenvalue weighted by Crippen LogP contribution is 2.30. The number of rotatable bonds is 4. The van der Waals surface area contributed by atoms with Crippen molar-refractivity contribution in [2.24, 2.45) is 0 Å². The summed E-state index contributed by atoms with van der Waals surface area (Å²) in [5.74, 6) is -1.60. The Balaban J connectivity index is 1.64. The van der Waals surface area contributed by atoms with Crippen molar-refractivity contribution in [3.8, 4) is 0 Å². The Morgan fingerprint density at radius 2 is 1.90 bits per heavy atom. The summed E-state index contributed by atoms with van der Waals surface area (Å²) in [6.45, 7) is 1.90. The molecule has 1 aromatic heterocycles. The molecule has 2 heterocycles. The highest BCUT2D eigenvalue weighted by atomic mass is 35.5. The topological polar surface area (TPSA) is 116 Å². The smallest absolute Gasteiger partial charge is 0.258 e. The second kappa shape index (κ2) is 8.00. The van der Waals surface area contributed by atoms with E-state index in [2.05, 4.69) is 25.9 Å². The lowest BCUT2D eigenvalue weighted by atomic mass is 9.92. The molecule has 0 aliphatic carbocycles. The minimum atomic E-state index is -0.953. The molecule has 4 rings (SSSR count). The average molecular weight is 424 g/mol. The number of aromatic nitrogens is 2. The minimum absolute atomic E-state index is 0.0592. The predicted octanol–water partition coefficient (Wildman–Crippen LogP) is 3.54. The van der Waals surface area contributed by atoms with Gasteiger partial charge in [-0.2, -0.15) is 4.98 Å². The van der Waals surface area contributed by atoms with Crippen LogP contribution in [0.5, 0.6) is 0 Å². The number of carbonyl (C=O) groups excluding carboxylic acids is 2. The van der Waals surface area contributed by atoms with Crippen molar-refractivity contribution in [1.29, 1.82) is 0 Å². The Morgan fingerprint density at radius 1 is 1.13 bits per heavy atom. The van der Waals surface area contributed by atoms with E-state index in [4.69, 9.17) is 11.6 Å². The molecule has 2 amide bonds. The molecule has 152 valence electrons. The first-order valence-corrected chi connectivity index (χ1v) is 9.61. The fraction of sp³-hybridized carbons (Fsp3) is 0.143. The van der Waals surface area contributed by atoms with E-state index in [9.17, 15) is 14.4 Å². The quantitative estimate of drug-likeness (QED) is 0.512. The maximum Gasteiger partial charge on any atom is 0.258 e. The molecule has 0 spiro atoms. The van der Waals surface area contributed by atoms with E-state index in [1.807, 2.05) is 25.1 Å². The number of nitrogens with zero attached hydrogens (tertiary/aromatic N) is 1. The average Bonchev–Trinajstić information content (AvgIpc) is 2.67. The molecule has 2 aromatic carbocycles. The van der Waals surface area contributed by atoms with E-state index in [-0.39, 0.29) is 23.8 Å². The lowest BCUT2D eigenvalue weighted by Crippen LogP contribution is -2.36. The summed E-state index contributed by atoms with van der Waals surface area (Å²) < 4.78 is 0. The fourth-order valence-electron chi connectivity index (χ4n) is 3.31. The van der Waals surface area contributed by atoms with E-state index >= 15 is 0 Å². The maximum absolute atomic E-state index is 12.9. The second-order valence-corrected chi connectivity index (χ2v) is 7.41. The summed E-state index contributed by atoms with van der Waals surface area (Å²) in [7, 11) is 0. The van der Waals surface area contributed by atoms with Crippen molar-refractivity contribution in [2.75, 3.05) is 16.0 Å². The SMILES string of the molecule is Cc1cccc(NC(=O)[C@H]2CC(=O)Nc3nc(Nc4cccc(Cl)c4)[nH]c(=O)c32)c1. The summed E-state index contributed by atoms with van der Waals surface area (Å²) in [6.07, 6.45) is -0.142. The Morgan fingerprint density at radius 3 is 2.67 bits per heavy atom. The van der Waals surface area contributed by atoms with E-state index in [1.54, 1.807) is 30.3 Å².